The molecule has 0 unspecified atom stereocenters. The molecule has 2 aromatic heterocycles. The van der Waals surface area contributed by atoms with Gasteiger partial charge < -0.3 is 5.32 Å². The summed E-state index contributed by atoms with van der Waals surface area (Å²) in [6.07, 6.45) is 3.02. The van der Waals surface area contributed by atoms with Gasteiger partial charge in [-0.3, -0.25) is 14.2 Å². The zero-order valence-electron chi connectivity index (χ0n) is 17.5. The summed E-state index contributed by atoms with van der Waals surface area (Å²) in [5.74, 6) is -0.0299. The highest BCUT2D eigenvalue weighted by Gasteiger charge is 2.14. The topological polar surface area (TPSA) is 76.9 Å². The van der Waals surface area contributed by atoms with Crippen molar-refractivity contribution in [3.05, 3.63) is 92.8 Å². The lowest BCUT2D eigenvalue weighted by Gasteiger charge is -2.13. The first-order valence-electron chi connectivity index (χ1n) is 10.3. The molecule has 4 aromatic rings. The minimum Gasteiger partial charge on any atom is -0.309 e. The number of nitrogens with zero attached hydrogens (tertiary/aromatic N) is 3. The predicted molar refractivity (Wildman–Crippen MR) is 134 cm³/mol. The highest BCUT2D eigenvalue weighted by atomic mass is 35.5. The van der Waals surface area contributed by atoms with Crippen LogP contribution in [-0.2, 0) is 17.8 Å². The van der Waals surface area contributed by atoms with Crippen LogP contribution in [0.25, 0.3) is 10.9 Å². The molecular formula is C24H20Cl2N4O2S. The number of aromatic nitrogens is 3. The summed E-state index contributed by atoms with van der Waals surface area (Å²) in [6, 6.07) is 18.9. The van der Waals surface area contributed by atoms with Gasteiger partial charge in [0.05, 0.1) is 26.7 Å². The van der Waals surface area contributed by atoms with E-state index in [0.29, 0.717) is 27.6 Å². The van der Waals surface area contributed by atoms with Crippen molar-refractivity contribution < 1.29 is 4.79 Å². The van der Waals surface area contributed by atoms with E-state index in [2.05, 4.69) is 27.4 Å². The summed E-state index contributed by atoms with van der Waals surface area (Å²) in [6.45, 7) is 0.500. The molecule has 0 atom stereocenters. The molecule has 6 nitrogen and oxygen atoms in total. The molecule has 0 aliphatic heterocycles. The molecule has 1 N–H and O–H groups in total. The zero-order valence-corrected chi connectivity index (χ0v) is 19.8. The third kappa shape index (κ3) is 5.93. The van der Waals surface area contributed by atoms with E-state index >= 15 is 0 Å². The number of benzene rings is 2. The molecule has 0 saturated heterocycles. The molecule has 0 radical (unpaired) electrons. The molecule has 0 saturated carbocycles. The van der Waals surface area contributed by atoms with Crippen LogP contribution in [0.15, 0.2) is 76.8 Å². The van der Waals surface area contributed by atoms with Gasteiger partial charge in [0, 0.05) is 12.7 Å². The van der Waals surface area contributed by atoms with E-state index in [1.54, 1.807) is 16.7 Å². The van der Waals surface area contributed by atoms with Crippen LogP contribution in [0.2, 0.25) is 10.0 Å². The van der Waals surface area contributed by atoms with E-state index in [0.717, 1.165) is 12.8 Å². The quantitative estimate of drug-likeness (QED) is 0.257. The summed E-state index contributed by atoms with van der Waals surface area (Å²) in [4.78, 5) is 34.4. The van der Waals surface area contributed by atoms with Crippen molar-refractivity contribution in [3.8, 4) is 0 Å². The molecule has 0 bridgehead atoms. The number of anilines is 1. The van der Waals surface area contributed by atoms with Crippen molar-refractivity contribution >= 4 is 57.6 Å². The Labute approximate surface area is 205 Å². The number of amides is 1. The molecule has 1 amide bonds. The maximum atomic E-state index is 13.2. The second-order valence-corrected chi connectivity index (χ2v) is 9.06. The first-order valence-corrected chi connectivity index (χ1v) is 12.0. The van der Waals surface area contributed by atoms with Crippen LogP contribution in [0.1, 0.15) is 12.0 Å². The molecule has 33 heavy (non-hydrogen) atoms. The van der Waals surface area contributed by atoms with Gasteiger partial charge in [-0.25, -0.2) is 9.97 Å². The molecule has 4 rings (SSSR count). The highest BCUT2D eigenvalue weighted by molar-refractivity contribution is 7.99. The molecule has 2 aromatic carbocycles. The van der Waals surface area contributed by atoms with Gasteiger partial charge in [0.15, 0.2) is 11.0 Å². The average molecular weight is 499 g/mol. The summed E-state index contributed by atoms with van der Waals surface area (Å²) < 4.78 is 1.65. The number of hydrogen-bond donors (Lipinski definition) is 1. The Morgan fingerprint density at radius 3 is 2.61 bits per heavy atom. The first kappa shape index (κ1) is 23.3. The molecule has 0 aliphatic rings. The molecule has 168 valence electrons. The molecule has 0 spiro atoms. The normalized spacial score (nSPS) is 11.0. The SMILES string of the molecule is O=C(CSc1nc2ccccc2c(=O)n1CCCc1ccccc1)Nc1ncc(Cl)cc1Cl. The number of nitrogens with one attached hydrogen (secondary N) is 1. The van der Waals surface area contributed by atoms with Gasteiger partial charge in [0.25, 0.3) is 5.56 Å². The number of pyridine rings is 1. The number of para-hydroxylation sites is 1. The summed E-state index contributed by atoms with van der Waals surface area (Å²) >= 11 is 13.1. The van der Waals surface area contributed by atoms with Gasteiger partial charge in [0.1, 0.15) is 0 Å². The molecule has 0 aliphatic carbocycles. The predicted octanol–water partition coefficient (Wildman–Crippen LogP) is 5.46. The third-order valence-corrected chi connectivity index (χ3v) is 6.39. The fraction of sp³-hybridized carbons (Fsp3) is 0.167. The fourth-order valence-electron chi connectivity index (χ4n) is 3.35. The molecular weight excluding hydrogens is 479 g/mol. The number of fused-ring (bicyclic) bond motifs is 1. The second-order valence-electron chi connectivity index (χ2n) is 7.28. The van der Waals surface area contributed by atoms with Crippen LogP contribution in [0.4, 0.5) is 5.82 Å². The van der Waals surface area contributed by atoms with Crippen LogP contribution in [0.5, 0.6) is 0 Å². The molecule has 0 fully saturated rings. The highest BCUT2D eigenvalue weighted by Crippen LogP contribution is 2.23. The Balaban J connectivity index is 1.51. The van der Waals surface area contributed by atoms with Gasteiger partial charge in [-0.2, -0.15) is 0 Å². The van der Waals surface area contributed by atoms with E-state index in [-0.39, 0.29) is 28.1 Å². The Morgan fingerprint density at radius 2 is 1.82 bits per heavy atom. The van der Waals surface area contributed by atoms with Gasteiger partial charge >= 0.3 is 0 Å². The number of carbonyl (C=O) groups is 1. The van der Waals surface area contributed by atoms with Crippen molar-refractivity contribution in [1.29, 1.82) is 0 Å². The lowest BCUT2D eigenvalue weighted by atomic mass is 10.1. The number of halogens is 2. The minimum atomic E-state index is -0.310. The van der Waals surface area contributed by atoms with Crippen LogP contribution < -0.4 is 10.9 Å². The van der Waals surface area contributed by atoms with Gasteiger partial charge in [-0.1, -0.05) is 77.4 Å². The number of aryl methyl sites for hydroxylation is 1. The molecule has 2 heterocycles. The van der Waals surface area contributed by atoms with Crippen LogP contribution in [0.3, 0.4) is 0 Å². The van der Waals surface area contributed by atoms with Gasteiger partial charge in [-0.15, -0.1) is 0 Å². The number of thioether (sulfide) groups is 1. The fourth-order valence-corrected chi connectivity index (χ4v) is 4.60. The Kier molecular flexibility index (Phi) is 7.65. The van der Waals surface area contributed by atoms with Crippen molar-refractivity contribution in [2.24, 2.45) is 0 Å². The minimum absolute atomic E-state index is 0.0457. The summed E-state index contributed by atoms with van der Waals surface area (Å²) in [7, 11) is 0. The number of rotatable bonds is 8. The van der Waals surface area contributed by atoms with E-state index in [4.69, 9.17) is 23.2 Å². The average Bonchev–Trinajstić information content (AvgIpc) is 2.82. The van der Waals surface area contributed by atoms with Gasteiger partial charge in [0.2, 0.25) is 5.91 Å². The molecule has 9 heteroatoms. The van der Waals surface area contributed by atoms with Crippen molar-refractivity contribution in [3.63, 3.8) is 0 Å². The van der Waals surface area contributed by atoms with Gasteiger partial charge in [-0.05, 0) is 36.6 Å². The largest absolute Gasteiger partial charge is 0.309 e. The lowest BCUT2D eigenvalue weighted by molar-refractivity contribution is -0.113. The van der Waals surface area contributed by atoms with E-state index in [9.17, 15) is 9.59 Å². The number of carbonyl (C=O) groups excluding carboxylic acids is 1. The monoisotopic (exact) mass is 498 g/mol. The van der Waals surface area contributed by atoms with Crippen LogP contribution in [0, 0.1) is 0 Å². The van der Waals surface area contributed by atoms with E-state index in [1.165, 1.54) is 29.6 Å². The first-order chi connectivity index (χ1) is 16.0. The maximum Gasteiger partial charge on any atom is 0.262 e. The second kappa shape index (κ2) is 10.8. The standard InChI is InChI=1S/C24H20Cl2N4O2S/c25-17-13-19(26)22(27-14-17)29-21(31)15-33-24-28-20-11-5-4-10-18(20)23(32)30(24)12-6-9-16-7-2-1-3-8-16/h1-5,7-8,10-11,13-14H,6,9,12,15H2,(H,27,29,31). The maximum absolute atomic E-state index is 13.2. The Bertz CT molecular complexity index is 1350. The smallest absolute Gasteiger partial charge is 0.262 e. The van der Waals surface area contributed by atoms with Crippen LogP contribution >= 0.6 is 35.0 Å². The Hall–Kier alpha value is -2.87. The number of hydrogen-bond acceptors (Lipinski definition) is 5. The van der Waals surface area contributed by atoms with E-state index in [1.807, 2.05) is 30.3 Å². The van der Waals surface area contributed by atoms with Crippen molar-refractivity contribution in [2.45, 2.75) is 24.5 Å². The summed E-state index contributed by atoms with van der Waals surface area (Å²) in [5.41, 5.74) is 1.70. The zero-order chi connectivity index (χ0) is 23.2. The summed E-state index contributed by atoms with van der Waals surface area (Å²) in [5, 5.41) is 4.36. The lowest BCUT2D eigenvalue weighted by Crippen LogP contribution is -2.24. The van der Waals surface area contributed by atoms with Crippen molar-refractivity contribution in [2.75, 3.05) is 11.1 Å². The third-order valence-electron chi connectivity index (χ3n) is 4.91. The van der Waals surface area contributed by atoms with Crippen molar-refractivity contribution in [1.82, 2.24) is 14.5 Å². The van der Waals surface area contributed by atoms with Crippen LogP contribution in [-0.4, -0.2) is 26.2 Å². The van der Waals surface area contributed by atoms with E-state index < -0.39 is 0 Å². The Morgan fingerprint density at radius 1 is 1.06 bits per heavy atom.